The van der Waals surface area contributed by atoms with Gasteiger partial charge in [-0.15, -0.1) is 0 Å². The van der Waals surface area contributed by atoms with E-state index in [4.69, 9.17) is 9.47 Å². The van der Waals surface area contributed by atoms with E-state index in [1.54, 1.807) is 31.3 Å². The van der Waals surface area contributed by atoms with Crippen LogP contribution in [0.5, 0.6) is 11.5 Å². The van der Waals surface area contributed by atoms with Crippen LogP contribution in [-0.2, 0) is 16.0 Å². The Kier molecular flexibility index (Phi) is 6.12. The Labute approximate surface area is 187 Å². The number of hydrogen-bond acceptors (Lipinski definition) is 4. The van der Waals surface area contributed by atoms with E-state index in [0.717, 1.165) is 27.9 Å². The monoisotopic (exact) mass is 430 g/mol. The number of hydrogen-bond donors (Lipinski definition) is 1. The van der Waals surface area contributed by atoms with Crippen molar-refractivity contribution in [2.24, 2.45) is 0 Å². The molecule has 1 N–H and O–H groups in total. The average Bonchev–Trinajstić information content (AvgIpc) is 2.95. The highest BCUT2D eigenvalue weighted by Crippen LogP contribution is 2.37. The predicted octanol–water partition coefficient (Wildman–Crippen LogP) is 4.13. The Bertz CT molecular complexity index is 1140. The van der Waals surface area contributed by atoms with Crippen LogP contribution in [0.15, 0.2) is 66.7 Å². The summed E-state index contributed by atoms with van der Waals surface area (Å²) in [7, 11) is 3.13. The number of aryl methyl sites for hydroxylation is 1. The van der Waals surface area contributed by atoms with Gasteiger partial charge in [-0.2, -0.15) is 0 Å². The van der Waals surface area contributed by atoms with Gasteiger partial charge < -0.3 is 19.7 Å². The number of carbonyl (C=O) groups is 2. The van der Waals surface area contributed by atoms with E-state index in [9.17, 15) is 9.59 Å². The third kappa shape index (κ3) is 4.30. The molecule has 164 valence electrons. The Morgan fingerprint density at radius 3 is 2.47 bits per heavy atom. The average molecular weight is 431 g/mol. The minimum Gasteiger partial charge on any atom is -0.493 e. The number of amides is 2. The van der Waals surface area contributed by atoms with Gasteiger partial charge in [-0.05, 0) is 36.2 Å². The van der Waals surface area contributed by atoms with Crippen LogP contribution >= 0.6 is 0 Å². The van der Waals surface area contributed by atoms with Gasteiger partial charge in [0, 0.05) is 11.3 Å². The summed E-state index contributed by atoms with van der Waals surface area (Å²) >= 11 is 0. The number of rotatable bonds is 5. The van der Waals surface area contributed by atoms with Gasteiger partial charge in [-0.25, -0.2) is 0 Å². The lowest BCUT2D eigenvalue weighted by Crippen LogP contribution is -2.39. The summed E-state index contributed by atoms with van der Waals surface area (Å²) in [6.07, 6.45) is 0.137. The van der Waals surface area contributed by atoms with Crippen molar-refractivity contribution in [3.05, 3.63) is 89.0 Å². The largest absolute Gasteiger partial charge is 0.493 e. The molecule has 1 aliphatic heterocycles. The Morgan fingerprint density at radius 1 is 1.00 bits per heavy atom. The van der Waals surface area contributed by atoms with Crippen molar-refractivity contribution >= 4 is 17.5 Å². The maximum atomic E-state index is 13.6. The van der Waals surface area contributed by atoms with E-state index >= 15 is 0 Å². The second-order valence-corrected chi connectivity index (χ2v) is 7.84. The molecule has 0 spiro atoms. The summed E-state index contributed by atoms with van der Waals surface area (Å²) < 4.78 is 10.7. The maximum Gasteiger partial charge on any atom is 0.244 e. The highest BCUT2D eigenvalue weighted by Gasteiger charge is 2.33. The molecule has 0 aliphatic carbocycles. The first-order valence-electron chi connectivity index (χ1n) is 10.5. The van der Waals surface area contributed by atoms with Crippen molar-refractivity contribution < 1.29 is 19.1 Å². The van der Waals surface area contributed by atoms with Gasteiger partial charge in [-0.1, -0.05) is 54.1 Å². The number of anilines is 1. The Morgan fingerprint density at radius 2 is 1.75 bits per heavy atom. The Hall–Kier alpha value is -3.80. The van der Waals surface area contributed by atoms with Crippen molar-refractivity contribution in [1.82, 2.24) is 4.90 Å². The maximum absolute atomic E-state index is 13.6. The number of fused-ring (bicyclic) bond motifs is 1. The van der Waals surface area contributed by atoms with Crippen LogP contribution < -0.4 is 14.8 Å². The zero-order valence-electron chi connectivity index (χ0n) is 18.4. The van der Waals surface area contributed by atoms with Crippen LogP contribution in [0.25, 0.3) is 0 Å². The van der Waals surface area contributed by atoms with Crippen LogP contribution in [0.4, 0.5) is 5.69 Å². The SMILES string of the molecule is COc1ccc(CC(=O)N2CC(=O)Nc3ccc(C)cc3C2c2ccccc2)cc1OC. The standard InChI is InChI=1S/C26H26N2O4/c1-17-9-11-21-20(13-17)26(19-7-5-4-6-8-19)28(16-24(29)27-21)25(30)15-18-10-12-22(31-2)23(14-18)32-3/h4-14,26H,15-16H2,1-3H3,(H,27,29). The van der Waals surface area contributed by atoms with Gasteiger partial charge in [0.05, 0.1) is 26.7 Å². The summed E-state index contributed by atoms with van der Waals surface area (Å²) in [5, 5.41) is 2.96. The van der Waals surface area contributed by atoms with Crippen molar-refractivity contribution in [3.8, 4) is 11.5 Å². The molecule has 0 aromatic heterocycles. The molecule has 4 rings (SSSR count). The molecule has 1 unspecified atom stereocenters. The molecular weight excluding hydrogens is 404 g/mol. The fourth-order valence-corrected chi connectivity index (χ4v) is 4.12. The zero-order valence-corrected chi connectivity index (χ0v) is 18.4. The molecule has 1 aliphatic rings. The number of nitrogens with one attached hydrogen (secondary N) is 1. The Balaban J connectivity index is 1.75. The highest BCUT2D eigenvalue weighted by molar-refractivity contribution is 5.97. The molecule has 0 bridgehead atoms. The third-order valence-corrected chi connectivity index (χ3v) is 5.64. The molecular formula is C26H26N2O4. The van der Waals surface area contributed by atoms with Crippen molar-refractivity contribution in [1.29, 1.82) is 0 Å². The van der Waals surface area contributed by atoms with E-state index in [1.165, 1.54) is 0 Å². The summed E-state index contributed by atoms with van der Waals surface area (Å²) in [6, 6.07) is 20.8. The molecule has 1 heterocycles. The van der Waals surface area contributed by atoms with Crippen LogP contribution in [0, 0.1) is 6.92 Å². The molecule has 2 amide bonds. The molecule has 0 radical (unpaired) electrons. The first-order chi connectivity index (χ1) is 15.5. The van der Waals surface area contributed by atoms with Crippen LogP contribution in [-0.4, -0.2) is 37.5 Å². The van der Waals surface area contributed by atoms with Crippen LogP contribution in [0.1, 0.15) is 28.3 Å². The van der Waals surface area contributed by atoms with Gasteiger partial charge >= 0.3 is 0 Å². The summed E-state index contributed by atoms with van der Waals surface area (Å²) in [5.41, 5.74) is 4.44. The number of nitrogens with zero attached hydrogens (tertiary/aromatic N) is 1. The van der Waals surface area contributed by atoms with Gasteiger partial charge in [0.25, 0.3) is 0 Å². The molecule has 0 saturated carbocycles. The molecule has 32 heavy (non-hydrogen) atoms. The van der Waals surface area contributed by atoms with Crippen LogP contribution in [0.3, 0.4) is 0 Å². The number of carbonyl (C=O) groups excluding carboxylic acids is 2. The molecule has 3 aromatic rings. The molecule has 0 fully saturated rings. The number of ether oxygens (including phenoxy) is 2. The van der Waals surface area contributed by atoms with E-state index in [1.807, 2.05) is 61.5 Å². The predicted molar refractivity (Wildman–Crippen MR) is 123 cm³/mol. The van der Waals surface area contributed by atoms with E-state index in [0.29, 0.717) is 11.5 Å². The van der Waals surface area contributed by atoms with Crippen molar-refractivity contribution in [2.45, 2.75) is 19.4 Å². The second-order valence-electron chi connectivity index (χ2n) is 7.84. The lowest BCUT2D eigenvalue weighted by molar-refractivity contribution is -0.135. The van der Waals surface area contributed by atoms with Gasteiger partial charge in [0.15, 0.2) is 11.5 Å². The fourth-order valence-electron chi connectivity index (χ4n) is 4.12. The molecule has 3 aromatic carbocycles. The van der Waals surface area contributed by atoms with Gasteiger partial charge in [0.1, 0.15) is 6.54 Å². The fraction of sp³-hybridized carbons (Fsp3) is 0.231. The van der Waals surface area contributed by atoms with Crippen LogP contribution in [0.2, 0.25) is 0 Å². The molecule has 1 atom stereocenters. The van der Waals surface area contributed by atoms with Gasteiger partial charge in [-0.3, -0.25) is 9.59 Å². The minimum absolute atomic E-state index is 0.0284. The molecule has 6 nitrogen and oxygen atoms in total. The number of benzene rings is 3. The normalized spacial score (nSPS) is 15.4. The van der Waals surface area contributed by atoms with E-state index in [-0.39, 0.29) is 30.8 Å². The zero-order chi connectivity index (χ0) is 22.7. The lowest BCUT2D eigenvalue weighted by atomic mass is 9.94. The second kappa shape index (κ2) is 9.14. The third-order valence-electron chi connectivity index (χ3n) is 5.64. The molecule has 0 saturated heterocycles. The van der Waals surface area contributed by atoms with Crippen molar-refractivity contribution in [2.75, 3.05) is 26.1 Å². The smallest absolute Gasteiger partial charge is 0.244 e. The summed E-state index contributed by atoms with van der Waals surface area (Å²) in [4.78, 5) is 27.9. The quantitative estimate of drug-likeness (QED) is 0.661. The lowest BCUT2D eigenvalue weighted by Gasteiger charge is -2.31. The minimum atomic E-state index is -0.377. The van der Waals surface area contributed by atoms with E-state index in [2.05, 4.69) is 5.32 Å². The first kappa shape index (κ1) is 21.4. The highest BCUT2D eigenvalue weighted by atomic mass is 16.5. The van der Waals surface area contributed by atoms with E-state index < -0.39 is 0 Å². The number of methoxy groups -OCH3 is 2. The van der Waals surface area contributed by atoms with Crippen molar-refractivity contribution in [3.63, 3.8) is 0 Å². The first-order valence-corrected chi connectivity index (χ1v) is 10.5. The topological polar surface area (TPSA) is 67.9 Å². The summed E-state index contributed by atoms with van der Waals surface area (Å²) in [6.45, 7) is 1.98. The molecule has 6 heteroatoms. The van der Waals surface area contributed by atoms with Gasteiger partial charge in [0.2, 0.25) is 11.8 Å². The summed E-state index contributed by atoms with van der Waals surface area (Å²) in [5.74, 6) is 0.807.